The summed E-state index contributed by atoms with van der Waals surface area (Å²) in [7, 11) is 0. The Bertz CT molecular complexity index is 360. The van der Waals surface area contributed by atoms with E-state index < -0.39 is 0 Å². The summed E-state index contributed by atoms with van der Waals surface area (Å²) in [5.74, 6) is -0.0973. The Morgan fingerprint density at radius 1 is 1.15 bits per heavy atom. The van der Waals surface area contributed by atoms with Gasteiger partial charge in [-0.2, -0.15) is 0 Å². The first-order chi connectivity index (χ1) is 6.38. The van der Waals surface area contributed by atoms with Crippen LogP contribution in [0.5, 0.6) is 0 Å². The van der Waals surface area contributed by atoms with E-state index in [9.17, 15) is 4.79 Å². The molecule has 1 aromatic rings. The van der Waals surface area contributed by atoms with E-state index in [1.54, 1.807) is 6.08 Å². The molecular weight excluding hydrogens is 160 g/mol. The number of Topliss-reactive ketones (excluding diaryl/α,β-unsaturated/α-hetero) is 1. The molecule has 0 fully saturated rings. The van der Waals surface area contributed by atoms with Gasteiger partial charge in [0.25, 0.3) is 0 Å². The van der Waals surface area contributed by atoms with E-state index in [1.165, 1.54) is 0 Å². The van der Waals surface area contributed by atoms with Gasteiger partial charge in [0.1, 0.15) is 0 Å². The number of hydrogen-bond acceptors (Lipinski definition) is 1. The molecule has 1 aliphatic carbocycles. The Balaban J connectivity index is 2.32. The van der Waals surface area contributed by atoms with E-state index in [0.717, 1.165) is 5.56 Å². The second kappa shape index (κ2) is 3.40. The number of hydrogen-bond donors (Lipinski definition) is 0. The van der Waals surface area contributed by atoms with Crippen molar-refractivity contribution in [2.45, 2.75) is 5.92 Å². The second-order valence-corrected chi connectivity index (χ2v) is 2.95. The van der Waals surface area contributed by atoms with Gasteiger partial charge in [-0.15, -0.1) is 0 Å². The number of allylic oxidation sites excluding steroid dienone is 4. The summed E-state index contributed by atoms with van der Waals surface area (Å²) in [6, 6.07) is 9.74. The molecule has 0 aliphatic heterocycles. The third-order valence-corrected chi connectivity index (χ3v) is 2.07. The van der Waals surface area contributed by atoms with Crippen LogP contribution in [-0.2, 0) is 4.79 Å². The van der Waals surface area contributed by atoms with Crippen molar-refractivity contribution >= 4 is 5.78 Å². The molecule has 1 unspecified atom stereocenters. The predicted molar refractivity (Wildman–Crippen MR) is 51.1 cm³/mol. The van der Waals surface area contributed by atoms with Crippen molar-refractivity contribution in [1.29, 1.82) is 0 Å². The van der Waals surface area contributed by atoms with Crippen LogP contribution in [-0.4, -0.2) is 5.78 Å². The van der Waals surface area contributed by atoms with Gasteiger partial charge in [-0.1, -0.05) is 48.6 Å². The van der Waals surface area contributed by atoms with Crippen molar-refractivity contribution < 1.29 is 4.79 Å². The maximum Gasteiger partial charge on any atom is 0.174 e. The average molecular weight is 169 g/mol. The summed E-state index contributed by atoms with van der Waals surface area (Å²) in [4.78, 5) is 11.4. The molecule has 1 radical (unpaired) electrons. The highest BCUT2D eigenvalue weighted by Gasteiger charge is 2.16. The third-order valence-electron chi connectivity index (χ3n) is 2.07. The minimum Gasteiger partial charge on any atom is -0.293 e. The largest absolute Gasteiger partial charge is 0.293 e. The molecule has 0 heterocycles. The lowest BCUT2D eigenvalue weighted by atomic mass is 9.92. The predicted octanol–water partition coefficient (Wildman–Crippen LogP) is 2.27. The molecule has 1 aliphatic rings. The van der Waals surface area contributed by atoms with E-state index >= 15 is 0 Å². The number of benzene rings is 1. The monoisotopic (exact) mass is 169 g/mol. The van der Waals surface area contributed by atoms with Crippen LogP contribution < -0.4 is 0 Å². The topological polar surface area (TPSA) is 17.1 Å². The standard InChI is InChI=1S/C12H9O/c13-12-9-5-4-8-11(12)10-6-2-1-3-7-10/h1-8,11H. The quantitative estimate of drug-likeness (QED) is 0.630. The van der Waals surface area contributed by atoms with E-state index in [4.69, 9.17) is 0 Å². The summed E-state index contributed by atoms with van der Waals surface area (Å²) < 4.78 is 0. The van der Waals surface area contributed by atoms with Crippen LogP contribution in [0, 0.1) is 6.08 Å². The maximum absolute atomic E-state index is 11.4. The van der Waals surface area contributed by atoms with Crippen LogP contribution in [0.15, 0.2) is 48.6 Å². The van der Waals surface area contributed by atoms with Crippen molar-refractivity contribution in [2.75, 3.05) is 0 Å². The minimum absolute atomic E-state index is 0.0358. The van der Waals surface area contributed by atoms with E-state index in [1.807, 2.05) is 42.5 Å². The van der Waals surface area contributed by atoms with Gasteiger partial charge in [0.05, 0.1) is 5.92 Å². The van der Waals surface area contributed by atoms with Gasteiger partial charge in [0, 0.05) is 6.08 Å². The van der Waals surface area contributed by atoms with Crippen molar-refractivity contribution in [3.8, 4) is 0 Å². The van der Waals surface area contributed by atoms with E-state index in [-0.39, 0.29) is 11.7 Å². The van der Waals surface area contributed by atoms with Crippen molar-refractivity contribution in [1.82, 2.24) is 0 Å². The summed E-state index contributed by atoms with van der Waals surface area (Å²) >= 11 is 0. The Hall–Kier alpha value is -1.63. The van der Waals surface area contributed by atoms with Gasteiger partial charge in [0.2, 0.25) is 0 Å². The highest BCUT2D eigenvalue weighted by Crippen LogP contribution is 2.20. The Morgan fingerprint density at radius 3 is 2.62 bits per heavy atom. The summed E-state index contributed by atoms with van der Waals surface area (Å²) in [6.07, 6.45) is 8.09. The van der Waals surface area contributed by atoms with Gasteiger partial charge in [0.15, 0.2) is 5.78 Å². The zero-order valence-corrected chi connectivity index (χ0v) is 7.10. The molecule has 0 N–H and O–H groups in total. The Morgan fingerprint density at radius 2 is 1.92 bits per heavy atom. The van der Waals surface area contributed by atoms with E-state index in [2.05, 4.69) is 6.08 Å². The smallest absolute Gasteiger partial charge is 0.174 e. The van der Waals surface area contributed by atoms with Crippen LogP contribution in [0.2, 0.25) is 0 Å². The first kappa shape index (κ1) is 7.99. The molecule has 0 amide bonds. The van der Waals surface area contributed by atoms with Crippen LogP contribution in [0.1, 0.15) is 11.5 Å². The lowest BCUT2D eigenvalue weighted by Crippen LogP contribution is -2.09. The van der Waals surface area contributed by atoms with Gasteiger partial charge < -0.3 is 0 Å². The first-order valence-corrected chi connectivity index (χ1v) is 4.23. The maximum atomic E-state index is 11.4. The zero-order chi connectivity index (χ0) is 9.10. The number of carbonyl (C=O) groups is 1. The zero-order valence-electron chi connectivity index (χ0n) is 7.10. The molecule has 0 saturated carbocycles. The number of carbonyl (C=O) groups excluding carboxylic acids is 1. The van der Waals surface area contributed by atoms with Crippen molar-refractivity contribution in [3.05, 3.63) is 60.2 Å². The summed E-state index contributed by atoms with van der Waals surface area (Å²) in [5.41, 5.74) is 1.03. The average Bonchev–Trinajstić information content (AvgIpc) is 2.20. The highest BCUT2D eigenvalue weighted by molar-refractivity contribution is 5.94. The molecule has 1 heteroatoms. The molecule has 0 spiro atoms. The van der Waals surface area contributed by atoms with Gasteiger partial charge in [-0.25, -0.2) is 0 Å². The van der Waals surface area contributed by atoms with E-state index in [0.29, 0.717) is 0 Å². The van der Waals surface area contributed by atoms with Crippen LogP contribution in [0.4, 0.5) is 0 Å². The molecule has 63 valence electrons. The van der Waals surface area contributed by atoms with Gasteiger partial charge >= 0.3 is 0 Å². The van der Waals surface area contributed by atoms with Gasteiger partial charge in [-0.3, -0.25) is 4.79 Å². The second-order valence-electron chi connectivity index (χ2n) is 2.95. The molecule has 13 heavy (non-hydrogen) atoms. The van der Waals surface area contributed by atoms with Gasteiger partial charge in [-0.05, 0) is 5.56 Å². The fourth-order valence-corrected chi connectivity index (χ4v) is 1.40. The molecule has 1 nitrogen and oxygen atoms in total. The Kier molecular flexibility index (Phi) is 2.09. The normalized spacial score (nSPS) is 20.6. The third kappa shape index (κ3) is 1.59. The number of ketones is 1. The van der Waals surface area contributed by atoms with Crippen LogP contribution in [0.25, 0.3) is 0 Å². The lowest BCUT2D eigenvalue weighted by Gasteiger charge is -2.10. The minimum atomic E-state index is -0.133. The molecule has 0 saturated heterocycles. The Labute approximate surface area is 77.4 Å². The molecule has 1 atom stereocenters. The number of rotatable bonds is 1. The lowest BCUT2D eigenvalue weighted by molar-refractivity contribution is -0.115. The fourth-order valence-electron chi connectivity index (χ4n) is 1.40. The SMILES string of the molecule is O=C1[C]=CC=CC1c1ccccc1. The fraction of sp³-hybridized carbons (Fsp3) is 0.0833. The molecular formula is C12H9O. The van der Waals surface area contributed by atoms with Crippen LogP contribution >= 0.6 is 0 Å². The molecule has 0 bridgehead atoms. The van der Waals surface area contributed by atoms with Crippen molar-refractivity contribution in [3.63, 3.8) is 0 Å². The van der Waals surface area contributed by atoms with Crippen molar-refractivity contribution in [2.24, 2.45) is 0 Å². The summed E-state index contributed by atoms with van der Waals surface area (Å²) in [6.45, 7) is 0. The molecule has 1 aromatic carbocycles. The summed E-state index contributed by atoms with van der Waals surface area (Å²) in [5, 5.41) is 0. The van der Waals surface area contributed by atoms with Crippen LogP contribution in [0.3, 0.4) is 0 Å². The first-order valence-electron chi connectivity index (χ1n) is 4.23. The molecule has 0 aromatic heterocycles. The highest BCUT2D eigenvalue weighted by atomic mass is 16.1. The molecule has 2 rings (SSSR count).